The van der Waals surface area contributed by atoms with Gasteiger partial charge in [0.15, 0.2) is 0 Å². The summed E-state index contributed by atoms with van der Waals surface area (Å²) >= 11 is 0. The molecular weight excluding hydrogens is 112 g/mol. The summed E-state index contributed by atoms with van der Waals surface area (Å²) in [6.45, 7) is 6.60. The van der Waals surface area contributed by atoms with Gasteiger partial charge < -0.3 is 5.11 Å². The molecule has 0 aliphatic rings. The third-order valence-electron chi connectivity index (χ3n) is 1.59. The number of rotatable bonds is 3. The molecule has 0 saturated heterocycles. The highest BCUT2D eigenvalue weighted by atomic mass is 16.2. The van der Waals surface area contributed by atoms with Crippen LogP contribution < -0.4 is 0 Å². The summed E-state index contributed by atoms with van der Waals surface area (Å²) in [7, 11) is 0. The lowest BCUT2D eigenvalue weighted by Gasteiger charge is -2.16. The van der Waals surface area contributed by atoms with E-state index < -0.39 is 0 Å². The van der Waals surface area contributed by atoms with E-state index in [1.807, 2.05) is 6.08 Å². The van der Waals surface area contributed by atoms with E-state index in [0.29, 0.717) is 0 Å². The molecule has 54 valence electrons. The van der Waals surface area contributed by atoms with Crippen LogP contribution in [0.4, 0.5) is 0 Å². The molecule has 0 aliphatic carbocycles. The van der Waals surface area contributed by atoms with E-state index in [2.05, 4.69) is 20.8 Å². The maximum atomic E-state index is 8.44. The van der Waals surface area contributed by atoms with Crippen LogP contribution in [-0.4, -0.2) is 11.7 Å². The van der Waals surface area contributed by atoms with Gasteiger partial charge in [-0.1, -0.05) is 32.9 Å². The third kappa shape index (κ3) is 4.22. The molecule has 0 aromatic heterocycles. The quantitative estimate of drug-likeness (QED) is 0.576. The van der Waals surface area contributed by atoms with Crippen LogP contribution in [0.15, 0.2) is 12.2 Å². The van der Waals surface area contributed by atoms with Crippen LogP contribution >= 0.6 is 0 Å². The Kier molecular flexibility index (Phi) is 3.55. The molecule has 0 amide bonds. The Morgan fingerprint density at radius 2 is 2.00 bits per heavy atom. The Morgan fingerprint density at radius 1 is 1.44 bits per heavy atom. The van der Waals surface area contributed by atoms with Crippen molar-refractivity contribution in [2.75, 3.05) is 6.61 Å². The molecule has 0 fully saturated rings. The first-order valence-corrected chi connectivity index (χ1v) is 3.41. The van der Waals surface area contributed by atoms with E-state index in [0.717, 1.165) is 6.42 Å². The molecule has 1 N–H and O–H groups in total. The molecule has 0 aromatic rings. The van der Waals surface area contributed by atoms with E-state index in [9.17, 15) is 0 Å². The summed E-state index contributed by atoms with van der Waals surface area (Å²) in [6.07, 6.45) is 4.96. The predicted molar refractivity (Wildman–Crippen MR) is 40.3 cm³/mol. The van der Waals surface area contributed by atoms with Crippen molar-refractivity contribution in [3.8, 4) is 0 Å². The first kappa shape index (κ1) is 8.70. The molecule has 0 bridgehead atoms. The van der Waals surface area contributed by atoms with Crippen molar-refractivity contribution in [3.05, 3.63) is 12.2 Å². The summed E-state index contributed by atoms with van der Waals surface area (Å²) in [5, 5.41) is 8.44. The van der Waals surface area contributed by atoms with Crippen molar-refractivity contribution in [2.45, 2.75) is 27.2 Å². The van der Waals surface area contributed by atoms with Gasteiger partial charge in [-0.25, -0.2) is 0 Å². The molecule has 0 radical (unpaired) electrons. The minimum absolute atomic E-state index is 0.156. The highest BCUT2D eigenvalue weighted by molar-refractivity contribution is 4.93. The normalized spacial score (nSPS) is 12.9. The standard InChI is InChI=1S/C8H16O/c1-4-8(2,3)6-5-7-9/h5-6,9H,4,7H2,1-3H3. The van der Waals surface area contributed by atoms with Gasteiger partial charge in [0.25, 0.3) is 0 Å². The Morgan fingerprint density at radius 3 is 2.33 bits per heavy atom. The zero-order chi connectivity index (χ0) is 7.33. The number of hydrogen-bond acceptors (Lipinski definition) is 1. The first-order valence-electron chi connectivity index (χ1n) is 3.41. The molecule has 1 nitrogen and oxygen atoms in total. The molecule has 0 aliphatic heterocycles. The van der Waals surface area contributed by atoms with Gasteiger partial charge >= 0.3 is 0 Å². The zero-order valence-electron chi connectivity index (χ0n) is 6.52. The number of aliphatic hydroxyl groups is 1. The Bertz CT molecular complexity index is 92.7. The topological polar surface area (TPSA) is 20.2 Å². The SMILES string of the molecule is CCC(C)(C)C=CCO. The van der Waals surface area contributed by atoms with E-state index in [1.54, 1.807) is 6.08 Å². The molecule has 0 saturated carbocycles. The fraction of sp³-hybridized carbons (Fsp3) is 0.750. The maximum Gasteiger partial charge on any atom is 0.0612 e. The lowest BCUT2D eigenvalue weighted by Crippen LogP contribution is -2.04. The van der Waals surface area contributed by atoms with Crippen molar-refractivity contribution in [1.29, 1.82) is 0 Å². The van der Waals surface area contributed by atoms with E-state index >= 15 is 0 Å². The molecule has 0 unspecified atom stereocenters. The smallest absolute Gasteiger partial charge is 0.0612 e. The van der Waals surface area contributed by atoms with Crippen LogP contribution in [0.2, 0.25) is 0 Å². The van der Waals surface area contributed by atoms with Crippen LogP contribution in [0.3, 0.4) is 0 Å². The van der Waals surface area contributed by atoms with Gasteiger partial charge in [-0.05, 0) is 11.8 Å². The van der Waals surface area contributed by atoms with Crippen LogP contribution in [0, 0.1) is 5.41 Å². The van der Waals surface area contributed by atoms with Crippen molar-refractivity contribution in [1.82, 2.24) is 0 Å². The van der Waals surface area contributed by atoms with Crippen molar-refractivity contribution < 1.29 is 5.11 Å². The summed E-state index contributed by atoms with van der Waals surface area (Å²) < 4.78 is 0. The Hall–Kier alpha value is -0.300. The zero-order valence-corrected chi connectivity index (χ0v) is 6.52. The summed E-state index contributed by atoms with van der Waals surface area (Å²) in [5.74, 6) is 0. The largest absolute Gasteiger partial charge is 0.392 e. The summed E-state index contributed by atoms with van der Waals surface area (Å²) in [4.78, 5) is 0. The second-order valence-electron chi connectivity index (χ2n) is 2.93. The van der Waals surface area contributed by atoms with E-state index in [1.165, 1.54) is 0 Å². The van der Waals surface area contributed by atoms with Crippen LogP contribution in [0.5, 0.6) is 0 Å². The van der Waals surface area contributed by atoms with Crippen molar-refractivity contribution in [2.24, 2.45) is 5.41 Å². The third-order valence-corrected chi connectivity index (χ3v) is 1.59. The minimum Gasteiger partial charge on any atom is -0.392 e. The summed E-state index contributed by atoms with van der Waals surface area (Å²) in [5.41, 5.74) is 0.253. The van der Waals surface area contributed by atoms with Crippen LogP contribution in [0.1, 0.15) is 27.2 Å². The molecule has 1 heteroatoms. The van der Waals surface area contributed by atoms with Gasteiger partial charge in [0, 0.05) is 0 Å². The summed E-state index contributed by atoms with van der Waals surface area (Å²) in [6, 6.07) is 0. The van der Waals surface area contributed by atoms with Gasteiger partial charge in [0.1, 0.15) is 0 Å². The Balaban J connectivity index is 3.70. The first-order chi connectivity index (χ1) is 4.12. The molecule has 9 heavy (non-hydrogen) atoms. The number of allylic oxidation sites excluding steroid dienone is 1. The Labute approximate surface area is 57.4 Å². The van der Waals surface area contributed by atoms with Gasteiger partial charge in [-0.3, -0.25) is 0 Å². The van der Waals surface area contributed by atoms with Gasteiger partial charge in [-0.15, -0.1) is 0 Å². The second kappa shape index (κ2) is 3.67. The number of aliphatic hydroxyl groups excluding tert-OH is 1. The molecule has 0 heterocycles. The lowest BCUT2D eigenvalue weighted by molar-refractivity contribution is 0.339. The molecule has 0 atom stereocenters. The van der Waals surface area contributed by atoms with E-state index in [-0.39, 0.29) is 12.0 Å². The average molecular weight is 128 g/mol. The molecule has 0 rings (SSSR count). The second-order valence-corrected chi connectivity index (χ2v) is 2.93. The fourth-order valence-electron chi connectivity index (χ4n) is 0.490. The fourth-order valence-corrected chi connectivity index (χ4v) is 0.490. The van der Waals surface area contributed by atoms with Gasteiger partial charge in [0.05, 0.1) is 6.61 Å². The highest BCUT2D eigenvalue weighted by Crippen LogP contribution is 2.20. The predicted octanol–water partition coefficient (Wildman–Crippen LogP) is 1.97. The number of hydrogen-bond donors (Lipinski definition) is 1. The molecule has 0 spiro atoms. The van der Waals surface area contributed by atoms with Crippen molar-refractivity contribution >= 4 is 0 Å². The molecular formula is C8H16O. The highest BCUT2D eigenvalue weighted by Gasteiger charge is 2.08. The van der Waals surface area contributed by atoms with Crippen LogP contribution in [-0.2, 0) is 0 Å². The van der Waals surface area contributed by atoms with Gasteiger partial charge in [-0.2, -0.15) is 0 Å². The molecule has 0 aromatic carbocycles. The van der Waals surface area contributed by atoms with E-state index in [4.69, 9.17) is 5.11 Å². The maximum absolute atomic E-state index is 8.44. The minimum atomic E-state index is 0.156. The monoisotopic (exact) mass is 128 g/mol. The van der Waals surface area contributed by atoms with Crippen molar-refractivity contribution in [3.63, 3.8) is 0 Å². The lowest BCUT2D eigenvalue weighted by atomic mass is 9.90. The average Bonchev–Trinajstić information content (AvgIpc) is 1.84. The van der Waals surface area contributed by atoms with Crippen LogP contribution in [0.25, 0.3) is 0 Å². The van der Waals surface area contributed by atoms with Gasteiger partial charge in [0.2, 0.25) is 0 Å².